The summed E-state index contributed by atoms with van der Waals surface area (Å²) < 4.78 is 7.10. The lowest BCUT2D eigenvalue weighted by Crippen LogP contribution is -2.27. The van der Waals surface area contributed by atoms with Gasteiger partial charge in [-0.2, -0.15) is 0 Å². The lowest BCUT2D eigenvalue weighted by atomic mass is 10.2. The van der Waals surface area contributed by atoms with Gasteiger partial charge in [0.2, 0.25) is 0 Å². The molecule has 0 fully saturated rings. The van der Waals surface area contributed by atoms with Crippen LogP contribution >= 0.6 is 0 Å². The molecule has 0 radical (unpaired) electrons. The van der Waals surface area contributed by atoms with E-state index in [-0.39, 0.29) is 5.91 Å². The summed E-state index contributed by atoms with van der Waals surface area (Å²) in [5.74, 6) is 0.602. The van der Waals surface area contributed by atoms with Crippen LogP contribution in [0.5, 0.6) is 5.75 Å². The average Bonchev–Trinajstić information content (AvgIpc) is 3.03. The Hall–Kier alpha value is -3.15. The number of anilines is 1. The third-order valence-corrected chi connectivity index (χ3v) is 3.94. The van der Waals surface area contributed by atoms with Crippen LogP contribution in [0.4, 0.5) is 5.69 Å². The van der Waals surface area contributed by atoms with Gasteiger partial charge >= 0.3 is 0 Å². The zero-order valence-corrected chi connectivity index (χ0v) is 14.5. The van der Waals surface area contributed by atoms with Gasteiger partial charge < -0.3 is 9.64 Å². The van der Waals surface area contributed by atoms with Gasteiger partial charge in [-0.25, -0.2) is 4.68 Å². The molecule has 0 spiro atoms. The van der Waals surface area contributed by atoms with E-state index < -0.39 is 0 Å². The van der Waals surface area contributed by atoms with Gasteiger partial charge in [-0.1, -0.05) is 23.4 Å². The maximum atomic E-state index is 12.7. The molecule has 0 N–H and O–H groups in total. The van der Waals surface area contributed by atoms with Crippen LogP contribution in [0.15, 0.2) is 54.6 Å². The van der Waals surface area contributed by atoms with Crippen molar-refractivity contribution in [2.24, 2.45) is 0 Å². The van der Waals surface area contributed by atoms with Crippen molar-refractivity contribution < 1.29 is 9.53 Å². The number of benzene rings is 2. The maximum Gasteiger partial charge on any atom is 0.280 e. The van der Waals surface area contributed by atoms with Crippen LogP contribution in [0.2, 0.25) is 0 Å². The fraction of sp³-hybridized carbons (Fsp3) is 0.211. The zero-order valence-electron chi connectivity index (χ0n) is 14.5. The van der Waals surface area contributed by atoms with E-state index >= 15 is 0 Å². The number of nitrogens with zero attached hydrogens (tertiary/aromatic N) is 4. The molecule has 0 atom stereocenters. The number of hydrogen-bond donors (Lipinski definition) is 0. The Kier molecular flexibility index (Phi) is 4.79. The molecule has 1 aromatic heterocycles. The van der Waals surface area contributed by atoms with Crippen molar-refractivity contribution in [1.82, 2.24) is 15.0 Å². The molecule has 6 nitrogen and oxygen atoms in total. The summed E-state index contributed by atoms with van der Waals surface area (Å²) in [4.78, 5) is 14.3. The quantitative estimate of drug-likeness (QED) is 0.717. The Balaban J connectivity index is 1.86. The highest BCUT2D eigenvalue weighted by molar-refractivity contribution is 6.05. The molecule has 0 saturated heterocycles. The van der Waals surface area contributed by atoms with Crippen LogP contribution in [-0.4, -0.2) is 34.6 Å². The van der Waals surface area contributed by atoms with Crippen LogP contribution < -0.4 is 9.64 Å². The number of carbonyl (C=O) groups excluding carboxylic acids is 1. The zero-order chi connectivity index (χ0) is 17.8. The predicted octanol–water partition coefficient (Wildman–Crippen LogP) is 3.25. The van der Waals surface area contributed by atoms with E-state index in [9.17, 15) is 4.79 Å². The van der Waals surface area contributed by atoms with Crippen LogP contribution in [0.3, 0.4) is 0 Å². The molecule has 0 saturated carbocycles. The van der Waals surface area contributed by atoms with Gasteiger partial charge in [0.05, 0.1) is 18.0 Å². The molecule has 0 unspecified atom stereocenters. The standard InChI is InChI=1S/C19H20N4O2/c1-4-25-17-12-10-16(11-13-17)23-14(2)18(20-21-23)19(24)22(3)15-8-6-5-7-9-15/h5-13H,4H2,1-3H3. The molecule has 0 aliphatic heterocycles. The minimum absolute atomic E-state index is 0.194. The molecule has 1 heterocycles. The number of ether oxygens (including phenoxy) is 1. The fourth-order valence-electron chi connectivity index (χ4n) is 2.55. The molecular formula is C19H20N4O2. The van der Waals surface area contributed by atoms with Gasteiger partial charge in [-0.05, 0) is 50.2 Å². The van der Waals surface area contributed by atoms with E-state index in [1.807, 2.05) is 68.4 Å². The van der Waals surface area contributed by atoms with Crippen molar-refractivity contribution in [2.45, 2.75) is 13.8 Å². The predicted molar refractivity (Wildman–Crippen MR) is 96.4 cm³/mol. The first-order valence-electron chi connectivity index (χ1n) is 8.10. The van der Waals surface area contributed by atoms with Gasteiger partial charge in [0.15, 0.2) is 5.69 Å². The van der Waals surface area contributed by atoms with Crippen molar-refractivity contribution in [3.8, 4) is 11.4 Å². The van der Waals surface area contributed by atoms with Crippen molar-refractivity contribution in [2.75, 3.05) is 18.6 Å². The van der Waals surface area contributed by atoms with Crippen LogP contribution in [0.25, 0.3) is 5.69 Å². The number of para-hydroxylation sites is 1. The summed E-state index contributed by atoms with van der Waals surface area (Å²) in [6.07, 6.45) is 0. The van der Waals surface area contributed by atoms with Crippen LogP contribution in [-0.2, 0) is 0 Å². The van der Waals surface area contributed by atoms with Crippen molar-refractivity contribution >= 4 is 11.6 Å². The second-order valence-corrected chi connectivity index (χ2v) is 5.56. The Labute approximate surface area is 146 Å². The Morgan fingerprint density at radius 2 is 1.80 bits per heavy atom. The van der Waals surface area contributed by atoms with Gasteiger partial charge in [-0.3, -0.25) is 4.79 Å². The van der Waals surface area contributed by atoms with E-state index in [2.05, 4.69) is 10.3 Å². The van der Waals surface area contributed by atoms with Crippen LogP contribution in [0.1, 0.15) is 23.1 Å². The highest BCUT2D eigenvalue weighted by Gasteiger charge is 2.21. The second-order valence-electron chi connectivity index (χ2n) is 5.56. The number of amides is 1. The lowest BCUT2D eigenvalue weighted by molar-refractivity contribution is 0.0987. The molecule has 6 heteroatoms. The summed E-state index contributed by atoms with van der Waals surface area (Å²) in [7, 11) is 1.73. The molecule has 0 bridgehead atoms. The molecule has 0 aliphatic rings. The fourth-order valence-corrected chi connectivity index (χ4v) is 2.55. The summed E-state index contributed by atoms with van der Waals surface area (Å²) in [6.45, 7) is 4.39. The van der Waals surface area contributed by atoms with E-state index in [1.165, 1.54) is 0 Å². The first-order chi connectivity index (χ1) is 12.1. The Morgan fingerprint density at radius 3 is 2.44 bits per heavy atom. The van der Waals surface area contributed by atoms with Crippen molar-refractivity contribution in [1.29, 1.82) is 0 Å². The van der Waals surface area contributed by atoms with Crippen molar-refractivity contribution in [3.05, 3.63) is 66.0 Å². The van der Waals surface area contributed by atoms with E-state index in [0.717, 1.165) is 17.1 Å². The highest BCUT2D eigenvalue weighted by atomic mass is 16.5. The van der Waals surface area contributed by atoms with Gasteiger partial charge in [0, 0.05) is 12.7 Å². The first-order valence-corrected chi connectivity index (χ1v) is 8.10. The lowest BCUT2D eigenvalue weighted by Gasteiger charge is -2.16. The molecule has 2 aromatic carbocycles. The first kappa shape index (κ1) is 16.7. The summed E-state index contributed by atoms with van der Waals surface area (Å²) >= 11 is 0. The van der Waals surface area contributed by atoms with Crippen LogP contribution in [0, 0.1) is 6.92 Å². The summed E-state index contributed by atoms with van der Waals surface area (Å²) in [6, 6.07) is 17.0. The second kappa shape index (κ2) is 7.17. The minimum atomic E-state index is -0.194. The third-order valence-electron chi connectivity index (χ3n) is 3.94. The van der Waals surface area contributed by atoms with E-state index in [1.54, 1.807) is 16.6 Å². The molecule has 128 valence electrons. The number of carbonyl (C=O) groups is 1. The monoisotopic (exact) mass is 336 g/mol. The average molecular weight is 336 g/mol. The normalized spacial score (nSPS) is 10.5. The Bertz CT molecular complexity index is 857. The molecule has 1 amide bonds. The van der Waals surface area contributed by atoms with E-state index in [4.69, 9.17) is 4.74 Å². The molecule has 3 rings (SSSR count). The number of aromatic nitrogens is 3. The SMILES string of the molecule is CCOc1ccc(-n2nnc(C(=O)N(C)c3ccccc3)c2C)cc1. The molecule has 3 aromatic rings. The third kappa shape index (κ3) is 3.38. The van der Waals surface area contributed by atoms with Gasteiger partial charge in [0.1, 0.15) is 5.75 Å². The highest BCUT2D eigenvalue weighted by Crippen LogP contribution is 2.19. The summed E-state index contributed by atoms with van der Waals surface area (Å²) in [5.41, 5.74) is 2.66. The maximum absolute atomic E-state index is 12.7. The summed E-state index contributed by atoms with van der Waals surface area (Å²) in [5, 5.41) is 8.22. The largest absolute Gasteiger partial charge is 0.494 e. The van der Waals surface area contributed by atoms with Gasteiger partial charge in [-0.15, -0.1) is 5.10 Å². The van der Waals surface area contributed by atoms with E-state index in [0.29, 0.717) is 18.0 Å². The van der Waals surface area contributed by atoms with Crippen molar-refractivity contribution in [3.63, 3.8) is 0 Å². The van der Waals surface area contributed by atoms with Gasteiger partial charge in [0.25, 0.3) is 5.91 Å². The molecular weight excluding hydrogens is 316 g/mol. The minimum Gasteiger partial charge on any atom is -0.494 e. The topological polar surface area (TPSA) is 60.2 Å². The molecule has 0 aliphatic carbocycles. The number of rotatable bonds is 5. The Morgan fingerprint density at radius 1 is 1.12 bits per heavy atom. The number of hydrogen-bond acceptors (Lipinski definition) is 4. The molecule has 25 heavy (non-hydrogen) atoms. The smallest absolute Gasteiger partial charge is 0.280 e.